The lowest BCUT2D eigenvalue weighted by Gasteiger charge is -2.11. The Balaban J connectivity index is 1.85. The van der Waals surface area contributed by atoms with Gasteiger partial charge in [-0.05, 0) is 37.5 Å². The molecule has 0 aliphatic heterocycles. The minimum absolute atomic E-state index is 0.0969. The Hall–Kier alpha value is -2.37. The highest BCUT2D eigenvalue weighted by atomic mass is 16.4. The maximum absolute atomic E-state index is 11.9. The molecule has 0 unspecified atom stereocenters. The lowest BCUT2D eigenvalue weighted by Crippen LogP contribution is -2.38. The second kappa shape index (κ2) is 7.76. The van der Waals surface area contributed by atoms with Gasteiger partial charge in [0.05, 0.1) is 0 Å². The molecule has 6 heteroatoms. The Labute approximate surface area is 135 Å². The lowest BCUT2D eigenvalue weighted by atomic mass is 10.1. The zero-order valence-electron chi connectivity index (χ0n) is 13.2. The van der Waals surface area contributed by atoms with Crippen molar-refractivity contribution >= 4 is 17.8 Å². The lowest BCUT2D eigenvalue weighted by molar-refractivity contribution is -0.138. The van der Waals surface area contributed by atoms with Gasteiger partial charge in [0.2, 0.25) is 5.91 Å². The molecule has 2 rings (SSSR count). The number of carboxylic acids is 1. The van der Waals surface area contributed by atoms with Crippen LogP contribution in [0.15, 0.2) is 24.3 Å². The van der Waals surface area contributed by atoms with Gasteiger partial charge >= 0.3 is 5.97 Å². The van der Waals surface area contributed by atoms with Crippen LogP contribution in [0.1, 0.15) is 48.5 Å². The summed E-state index contributed by atoms with van der Waals surface area (Å²) in [6.07, 6.45) is 4.17. The zero-order valence-corrected chi connectivity index (χ0v) is 13.2. The van der Waals surface area contributed by atoms with Crippen LogP contribution in [-0.2, 0) is 16.1 Å². The molecule has 1 atom stereocenters. The number of hydrogen-bond acceptors (Lipinski definition) is 3. The summed E-state index contributed by atoms with van der Waals surface area (Å²) in [4.78, 5) is 34.5. The van der Waals surface area contributed by atoms with Crippen LogP contribution in [0.4, 0.5) is 0 Å². The normalized spacial score (nSPS) is 15.9. The van der Waals surface area contributed by atoms with Gasteiger partial charge in [0.25, 0.3) is 5.91 Å². The average molecular weight is 318 g/mol. The molecule has 0 spiro atoms. The van der Waals surface area contributed by atoms with Crippen molar-refractivity contribution in [2.75, 3.05) is 0 Å². The van der Waals surface area contributed by atoms with Crippen molar-refractivity contribution in [1.82, 2.24) is 10.6 Å². The fraction of sp³-hybridized carbons (Fsp3) is 0.471. The van der Waals surface area contributed by atoms with E-state index < -0.39 is 17.9 Å². The molecule has 124 valence electrons. The van der Waals surface area contributed by atoms with E-state index in [-0.39, 0.29) is 11.8 Å². The molecular weight excluding hydrogens is 296 g/mol. The van der Waals surface area contributed by atoms with Crippen molar-refractivity contribution in [3.05, 3.63) is 35.4 Å². The van der Waals surface area contributed by atoms with Crippen LogP contribution in [0, 0.1) is 5.92 Å². The van der Waals surface area contributed by atoms with E-state index in [2.05, 4.69) is 10.6 Å². The van der Waals surface area contributed by atoms with E-state index >= 15 is 0 Å². The molecule has 1 aromatic carbocycles. The Morgan fingerprint density at radius 2 is 1.78 bits per heavy atom. The van der Waals surface area contributed by atoms with Crippen LogP contribution in [0.2, 0.25) is 0 Å². The number of amides is 2. The van der Waals surface area contributed by atoms with E-state index in [1.54, 1.807) is 24.3 Å². The third-order valence-corrected chi connectivity index (χ3v) is 4.13. The topological polar surface area (TPSA) is 95.5 Å². The van der Waals surface area contributed by atoms with Crippen molar-refractivity contribution in [2.45, 2.75) is 45.2 Å². The number of aliphatic carboxylic acids is 1. The molecule has 1 saturated carbocycles. The van der Waals surface area contributed by atoms with Crippen LogP contribution >= 0.6 is 0 Å². The van der Waals surface area contributed by atoms with Gasteiger partial charge in [-0.2, -0.15) is 0 Å². The van der Waals surface area contributed by atoms with E-state index in [9.17, 15) is 14.4 Å². The van der Waals surface area contributed by atoms with Gasteiger partial charge in [0.15, 0.2) is 0 Å². The minimum Gasteiger partial charge on any atom is -0.480 e. The van der Waals surface area contributed by atoms with Crippen LogP contribution < -0.4 is 10.6 Å². The molecule has 1 aromatic rings. The van der Waals surface area contributed by atoms with Gasteiger partial charge in [-0.3, -0.25) is 14.4 Å². The molecule has 0 bridgehead atoms. The molecule has 0 aromatic heterocycles. The number of rotatable bonds is 6. The zero-order chi connectivity index (χ0) is 16.8. The van der Waals surface area contributed by atoms with Gasteiger partial charge in [0.1, 0.15) is 6.04 Å². The molecule has 6 nitrogen and oxygen atoms in total. The summed E-state index contributed by atoms with van der Waals surface area (Å²) in [6.45, 7) is 1.84. The first kappa shape index (κ1) is 17.0. The molecule has 1 aliphatic carbocycles. The van der Waals surface area contributed by atoms with Gasteiger partial charge in [-0.25, -0.2) is 0 Å². The fourth-order valence-electron chi connectivity index (χ4n) is 2.64. The second-order valence-corrected chi connectivity index (χ2v) is 5.93. The standard InChI is InChI=1S/C17H22N2O4/c1-11(17(22)23)19-16(21)14-8-6-12(7-9-14)10-18-15(20)13-4-2-3-5-13/h6-9,11,13H,2-5,10H2,1H3,(H,18,20)(H,19,21)(H,22,23)/t11-/m1/s1. The van der Waals surface area contributed by atoms with Crippen molar-refractivity contribution in [2.24, 2.45) is 5.92 Å². The quantitative estimate of drug-likeness (QED) is 0.744. The molecule has 0 heterocycles. The highest BCUT2D eigenvalue weighted by molar-refractivity contribution is 5.96. The van der Waals surface area contributed by atoms with Crippen LogP contribution in [-0.4, -0.2) is 28.9 Å². The first-order valence-electron chi connectivity index (χ1n) is 7.87. The smallest absolute Gasteiger partial charge is 0.325 e. The van der Waals surface area contributed by atoms with Crippen LogP contribution in [0.5, 0.6) is 0 Å². The highest BCUT2D eigenvalue weighted by Gasteiger charge is 2.22. The fourth-order valence-corrected chi connectivity index (χ4v) is 2.64. The molecule has 1 fully saturated rings. The van der Waals surface area contributed by atoms with Gasteiger partial charge in [0, 0.05) is 18.0 Å². The van der Waals surface area contributed by atoms with Crippen LogP contribution in [0.3, 0.4) is 0 Å². The number of carboxylic acid groups (broad SMARTS) is 1. The van der Waals surface area contributed by atoms with Crippen molar-refractivity contribution in [3.8, 4) is 0 Å². The maximum Gasteiger partial charge on any atom is 0.325 e. The largest absolute Gasteiger partial charge is 0.480 e. The first-order valence-corrected chi connectivity index (χ1v) is 7.87. The van der Waals surface area contributed by atoms with E-state index in [1.807, 2.05) is 0 Å². The molecule has 23 heavy (non-hydrogen) atoms. The first-order chi connectivity index (χ1) is 11.0. The summed E-state index contributed by atoms with van der Waals surface area (Å²) in [5.41, 5.74) is 1.29. The molecule has 0 saturated heterocycles. The number of hydrogen-bond donors (Lipinski definition) is 3. The Kier molecular flexibility index (Phi) is 5.73. The Bertz CT molecular complexity index is 577. The van der Waals surface area contributed by atoms with E-state index in [1.165, 1.54) is 6.92 Å². The van der Waals surface area contributed by atoms with Gasteiger partial charge < -0.3 is 15.7 Å². The number of nitrogens with one attached hydrogen (secondary N) is 2. The molecule has 3 N–H and O–H groups in total. The molecule has 0 radical (unpaired) electrons. The summed E-state index contributed by atoms with van der Waals surface area (Å²) >= 11 is 0. The van der Waals surface area contributed by atoms with Crippen molar-refractivity contribution < 1.29 is 19.5 Å². The van der Waals surface area contributed by atoms with E-state index in [4.69, 9.17) is 5.11 Å². The minimum atomic E-state index is -1.08. The summed E-state index contributed by atoms with van der Waals surface area (Å²) in [6, 6.07) is 5.83. The monoisotopic (exact) mass is 318 g/mol. The van der Waals surface area contributed by atoms with Crippen molar-refractivity contribution in [1.29, 1.82) is 0 Å². The summed E-state index contributed by atoms with van der Waals surface area (Å²) in [7, 11) is 0. The predicted octanol–water partition coefficient (Wildman–Crippen LogP) is 1.70. The Morgan fingerprint density at radius 1 is 1.17 bits per heavy atom. The summed E-state index contributed by atoms with van der Waals surface area (Å²) < 4.78 is 0. The third kappa shape index (κ3) is 4.81. The number of benzene rings is 1. The molecular formula is C17H22N2O4. The average Bonchev–Trinajstić information content (AvgIpc) is 3.07. The van der Waals surface area contributed by atoms with E-state index in [0.717, 1.165) is 31.2 Å². The second-order valence-electron chi connectivity index (χ2n) is 5.93. The predicted molar refractivity (Wildman–Crippen MR) is 84.8 cm³/mol. The number of carbonyl (C=O) groups is 3. The summed E-state index contributed by atoms with van der Waals surface area (Å²) in [5, 5.41) is 14.1. The summed E-state index contributed by atoms with van der Waals surface area (Å²) in [5.74, 6) is -1.27. The number of carbonyl (C=O) groups excluding carboxylic acids is 2. The highest BCUT2D eigenvalue weighted by Crippen LogP contribution is 2.24. The SMILES string of the molecule is C[C@@H](NC(=O)c1ccc(CNC(=O)C2CCCC2)cc1)C(=O)O. The van der Waals surface area contributed by atoms with Gasteiger partial charge in [-0.1, -0.05) is 25.0 Å². The Morgan fingerprint density at radius 3 is 2.35 bits per heavy atom. The van der Waals surface area contributed by atoms with E-state index in [0.29, 0.717) is 12.1 Å². The van der Waals surface area contributed by atoms with Crippen molar-refractivity contribution in [3.63, 3.8) is 0 Å². The molecule has 1 aliphatic rings. The van der Waals surface area contributed by atoms with Crippen LogP contribution in [0.25, 0.3) is 0 Å². The molecule has 2 amide bonds. The maximum atomic E-state index is 11.9. The third-order valence-electron chi connectivity index (χ3n) is 4.13. The van der Waals surface area contributed by atoms with Gasteiger partial charge in [-0.15, -0.1) is 0 Å².